The number of sulfonamides is 1. The fourth-order valence-corrected chi connectivity index (χ4v) is 4.80. The maximum absolute atomic E-state index is 12.4. The van der Waals surface area contributed by atoms with Gasteiger partial charge in [-0.1, -0.05) is 6.07 Å². The lowest BCUT2D eigenvalue weighted by atomic mass is 10.1. The molecule has 0 unspecified atom stereocenters. The fraction of sp³-hybridized carbons (Fsp3) is 0.462. The van der Waals surface area contributed by atoms with Crippen molar-refractivity contribution in [3.05, 3.63) is 29.3 Å². The highest BCUT2D eigenvalue weighted by Crippen LogP contribution is 2.21. The SMILES string of the molecule is Cc1ccc(C(=O)O)cc1S(=O)(=O)NC1CCSCC1. The molecule has 0 amide bonds. The van der Waals surface area contributed by atoms with Gasteiger partial charge in [0.2, 0.25) is 10.0 Å². The lowest BCUT2D eigenvalue weighted by Crippen LogP contribution is -2.37. The first-order valence-electron chi connectivity index (χ1n) is 6.34. The molecule has 1 fully saturated rings. The van der Waals surface area contributed by atoms with Gasteiger partial charge in [0.25, 0.3) is 0 Å². The van der Waals surface area contributed by atoms with Crippen LogP contribution >= 0.6 is 11.8 Å². The van der Waals surface area contributed by atoms with Crippen LogP contribution in [-0.2, 0) is 10.0 Å². The van der Waals surface area contributed by atoms with E-state index >= 15 is 0 Å². The minimum atomic E-state index is -3.67. The standard InChI is InChI=1S/C13H17NO4S2/c1-9-2-3-10(13(15)16)8-12(9)20(17,18)14-11-4-6-19-7-5-11/h2-3,8,11,14H,4-7H2,1H3,(H,15,16). The summed E-state index contributed by atoms with van der Waals surface area (Å²) < 4.78 is 27.5. The van der Waals surface area contributed by atoms with E-state index in [4.69, 9.17) is 5.11 Å². The molecule has 110 valence electrons. The Morgan fingerprint density at radius 1 is 1.35 bits per heavy atom. The van der Waals surface area contributed by atoms with Crippen molar-refractivity contribution in [3.63, 3.8) is 0 Å². The highest BCUT2D eigenvalue weighted by atomic mass is 32.2. The van der Waals surface area contributed by atoms with Gasteiger partial charge >= 0.3 is 5.97 Å². The minimum absolute atomic E-state index is 0.0184. The van der Waals surface area contributed by atoms with Gasteiger partial charge in [-0.05, 0) is 49.0 Å². The number of carboxylic acids is 1. The van der Waals surface area contributed by atoms with E-state index in [2.05, 4.69) is 4.72 Å². The quantitative estimate of drug-likeness (QED) is 0.886. The van der Waals surface area contributed by atoms with E-state index < -0.39 is 16.0 Å². The van der Waals surface area contributed by atoms with Gasteiger partial charge in [0.1, 0.15) is 0 Å². The second kappa shape index (κ2) is 6.15. The van der Waals surface area contributed by atoms with Gasteiger partial charge in [0.15, 0.2) is 0 Å². The van der Waals surface area contributed by atoms with E-state index in [9.17, 15) is 13.2 Å². The monoisotopic (exact) mass is 315 g/mol. The van der Waals surface area contributed by atoms with Crippen molar-refractivity contribution in [1.29, 1.82) is 0 Å². The van der Waals surface area contributed by atoms with Crippen LogP contribution in [0.25, 0.3) is 0 Å². The van der Waals surface area contributed by atoms with E-state index in [0.29, 0.717) is 5.56 Å². The van der Waals surface area contributed by atoms with Crippen molar-refractivity contribution in [2.45, 2.75) is 30.7 Å². The molecule has 1 aliphatic rings. The average molecular weight is 315 g/mol. The second-order valence-electron chi connectivity index (χ2n) is 4.79. The second-order valence-corrected chi connectivity index (χ2v) is 7.70. The summed E-state index contributed by atoms with van der Waals surface area (Å²) in [5, 5.41) is 8.97. The van der Waals surface area contributed by atoms with Crippen LogP contribution in [0.2, 0.25) is 0 Å². The number of thioether (sulfide) groups is 1. The third-order valence-corrected chi connectivity index (χ3v) is 5.98. The number of aromatic carboxylic acids is 1. The zero-order valence-electron chi connectivity index (χ0n) is 11.1. The maximum atomic E-state index is 12.4. The number of aryl methyl sites for hydroxylation is 1. The van der Waals surface area contributed by atoms with Crippen molar-refractivity contribution in [2.75, 3.05) is 11.5 Å². The van der Waals surface area contributed by atoms with Crippen molar-refractivity contribution >= 4 is 27.8 Å². The summed E-state index contributed by atoms with van der Waals surface area (Å²) >= 11 is 1.82. The first kappa shape index (κ1) is 15.3. The predicted octanol–water partition coefficient (Wildman–Crippen LogP) is 1.87. The van der Waals surface area contributed by atoms with Crippen LogP contribution in [0.5, 0.6) is 0 Å². The molecule has 1 aromatic rings. The number of hydrogen-bond donors (Lipinski definition) is 2. The van der Waals surface area contributed by atoms with Crippen molar-refractivity contribution in [3.8, 4) is 0 Å². The molecule has 1 aliphatic heterocycles. The molecule has 5 nitrogen and oxygen atoms in total. The molecule has 2 rings (SSSR count). The Hall–Kier alpha value is -1.05. The van der Waals surface area contributed by atoms with E-state index in [1.54, 1.807) is 6.92 Å². The van der Waals surface area contributed by atoms with Crippen molar-refractivity contribution in [2.24, 2.45) is 0 Å². The molecule has 0 aromatic heterocycles. The molecule has 2 N–H and O–H groups in total. The maximum Gasteiger partial charge on any atom is 0.335 e. The number of nitrogens with one attached hydrogen (secondary N) is 1. The van der Waals surface area contributed by atoms with Crippen molar-refractivity contribution in [1.82, 2.24) is 4.72 Å². The van der Waals surface area contributed by atoms with Gasteiger partial charge in [0, 0.05) is 6.04 Å². The highest BCUT2D eigenvalue weighted by Gasteiger charge is 2.24. The highest BCUT2D eigenvalue weighted by molar-refractivity contribution is 7.99. The summed E-state index contributed by atoms with van der Waals surface area (Å²) in [4.78, 5) is 11.0. The summed E-state index contributed by atoms with van der Waals surface area (Å²) in [7, 11) is -3.67. The van der Waals surface area contributed by atoms with E-state index in [0.717, 1.165) is 24.3 Å². The number of carbonyl (C=O) groups is 1. The van der Waals surface area contributed by atoms with Crippen LogP contribution in [0.3, 0.4) is 0 Å². The normalized spacial score (nSPS) is 17.1. The fourth-order valence-electron chi connectivity index (χ4n) is 2.12. The Labute approximate surface area is 122 Å². The van der Waals surface area contributed by atoms with Crippen molar-refractivity contribution < 1.29 is 18.3 Å². The third kappa shape index (κ3) is 3.53. The average Bonchev–Trinajstić information content (AvgIpc) is 2.39. The number of hydrogen-bond acceptors (Lipinski definition) is 4. The zero-order valence-corrected chi connectivity index (χ0v) is 12.8. The molecule has 7 heteroatoms. The lowest BCUT2D eigenvalue weighted by molar-refractivity contribution is 0.0696. The zero-order chi connectivity index (χ0) is 14.8. The minimum Gasteiger partial charge on any atom is -0.478 e. The molecule has 0 aliphatic carbocycles. The molecule has 0 radical (unpaired) electrons. The third-order valence-electron chi connectivity index (χ3n) is 3.27. The summed E-state index contributed by atoms with van der Waals surface area (Å²) in [6.07, 6.45) is 1.61. The van der Waals surface area contributed by atoms with E-state index in [1.165, 1.54) is 18.2 Å². The predicted molar refractivity (Wildman–Crippen MR) is 78.8 cm³/mol. The number of benzene rings is 1. The van der Waals surface area contributed by atoms with Crippen LogP contribution in [-0.4, -0.2) is 37.0 Å². The molecule has 20 heavy (non-hydrogen) atoms. The van der Waals surface area contributed by atoms with Gasteiger partial charge in [0.05, 0.1) is 10.5 Å². The van der Waals surface area contributed by atoms with Crippen LogP contribution in [0, 0.1) is 6.92 Å². The molecule has 1 saturated heterocycles. The summed E-state index contributed by atoms with van der Waals surface area (Å²) in [6, 6.07) is 4.09. The van der Waals surface area contributed by atoms with Crippen LogP contribution in [0.1, 0.15) is 28.8 Å². The Balaban J connectivity index is 2.28. The first-order chi connectivity index (χ1) is 9.40. The molecule has 0 saturated carbocycles. The molecular weight excluding hydrogens is 298 g/mol. The lowest BCUT2D eigenvalue weighted by Gasteiger charge is -2.22. The number of rotatable bonds is 4. The van der Waals surface area contributed by atoms with Crippen LogP contribution in [0.4, 0.5) is 0 Å². The van der Waals surface area contributed by atoms with Gasteiger partial charge in [-0.25, -0.2) is 17.9 Å². The first-order valence-corrected chi connectivity index (χ1v) is 8.98. The van der Waals surface area contributed by atoms with Gasteiger partial charge in [-0.3, -0.25) is 0 Å². The van der Waals surface area contributed by atoms with Crippen LogP contribution < -0.4 is 4.72 Å². The van der Waals surface area contributed by atoms with E-state index in [1.807, 2.05) is 11.8 Å². The van der Waals surface area contributed by atoms with Crippen LogP contribution in [0.15, 0.2) is 23.1 Å². The molecule has 1 aromatic carbocycles. The number of carboxylic acid groups (broad SMARTS) is 1. The van der Waals surface area contributed by atoms with Gasteiger partial charge < -0.3 is 5.11 Å². The Bertz CT molecular complexity index is 607. The largest absolute Gasteiger partial charge is 0.478 e. The topological polar surface area (TPSA) is 83.5 Å². The summed E-state index contributed by atoms with van der Waals surface area (Å²) in [5.41, 5.74) is 0.530. The molecule has 0 spiro atoms. The molecule has 0 bridgehead atoms. The molecular formula is C13H17NO4S2. The van der Waals surface area contributed by atoms with Gasteiger partial charge in [-0.2, -0.15) is 11.8 Å². The summed E-state index contributed by atoms with van der Waals surface area (Å²) in [6.45, 7) is 1.66. The van der Waals surface area contributed by atoms with Gasteiger partial charge in [-0.15, -0.1) is 0 Å². The Morgan fingerprint density at radius 2 is 2.00 bits per heavy atom. The summed E-state index contributed by atoms with van der Waals surface area (Å²) in [5.74, 6) is 0.762. The Morgan fingerprint density at radius 3 is 2.60 bits per heavy atom. The molecule has 1 heterocycles. The Kier molecular flexibility index (Phi) is 4.72. The van der Waals surface area contributed by atoms with E-state index in [-0.39, 0.29) is 16.5 Å². The smallest absolute Gasteiger partial charge is 0.335 e. The molecule has 0 atom stereocenters.